The van der Waals surface area contributed by atoms with Crippen molar-refractivity contribution in [2.24, 2.45) is 5.92 Å². The lowest BCUT2D eigenvalue weighted by molar-refractivity contribution is 0.0378. The number of fused-ring (bicyclic) bond motifs is 5. The van der Waals surface area contributed by atoms with Gasteiger partial charge < -0.3 is 24.7 Å². The molecule has 4 aliphatic rings. The minimum atomic E-state index is -0.579. The van der Waals surface area contributed by atoms with E-state index in [1.807, 2.05) is 22.8 Å². The van der Waals surface area contributed by atoms with Gasteiger partial charge in [0.15, 0.2) is 17.3 Å². The van der Waals surface area contributed by atoms with Crippen LogP contribution in [0, 0.1) is 11.7 Å². The number of morpholine rings is 1. The molecule has 1 amide bonds. The van der Waals surface area contributed by atoms with E-state index in [-0.39, 0.29) is 22.4 Å². The van der Waals surface area contributed by atoms with E-state index in [1.54, 1.807) is 6.20 Å². The molecule has 1 saturated carbocycles. The van der Waals surface area contributed by atoms with Crippen LogP contribution in [0.15, 0.2) is 53.5 Å². The summed E-state index contributed by atoms with van der Waals surface area (Å²) in [6.45, 7) is 5.20. The monoisotopic (exact) mass is 580 g/mol. The molecule has 3 heterocycles. The number of aromatic nitrogens is 1. The summed E-state index contributed by atoms with van der Waals surface area (Å²) < 4.78 is 29.6. The fraction of sp³-hybridized carbons (Fsp3) is 0.353. The van der Waals surface area contributed by atoms with E-state index in [2.05, 4.69) is 33.7 Å². The SMILES string of the molecule is O=C(NCC1CC1)c1cn2c3c(c(NCCCN4CCOCC4)c(F)cc3c1=O)Oc1cc3c(cc1-2)-c1ccccc1C3. The molecule has 9 heteroatoms. The highest BCUT2D eigenvalue weighted by Crippen LogP contribution is 2.49. The summed E-state index contributed by atoms with van der Waals surface area (Å²) in [4.78, 5) is 29.3. The molecule has 2 N–H and O–H groups in total. The van der Waals surface area contributed by atoms with Crippen molar-refractivity contribution < 1.29 is 18.7 Å². The molecule has 0 unspecified atom stereocenters. The zero-order chi connectivity index (χ0) is 29.1. The molecule has 0 bridgehead atoms. The number of rotatable bonds is 8. The van der Waals surface area contributed by atoms with Crippen LogP contribution in [0.1, 0.15) is 40.7 Å². The number of carbonyl (C=O) groups excluding carboxylic acids is 1. The van der Waals surface area contributed by atoms with Gasteiger partial charge in [0.1, 0.15) is 16.8 Å². The van der Waals surface area contributed by atoms with Gasteiger partial charge in [-0.1, -0.05) is 24.3 Å². The highest BCUT2D eigenvalue weighted by atomic mass is 19.1. The number of hydrogen-bond acceptors (Lipinski definition) is 6. The Balaban J connectivity index is 1.22. The summed E-state index contributed by atoms with van der Waals surface area (Å²) in [5.41, 5.74) is 5.51. The van der Waals surface area contributed by atoms with Crippen LogP contribution in [0.4, 0.5) is 10.1 Å². The van der Waals surface area contributed by atoms with E-state index in [0.717, 1.165) is 75.2 Å². The summed E-state index contributed by atoms with van der Waals surface area (Å²) in [6.07, 6.45) is 5.35. The van der Waals surface area contributed by atoms with Gasteiger partial charge in [-0.3, -0.25) is 14.5 Å². The Morgan fingerprint density at radius 2 is 1.88 bits per heavy atom. The maximum absolute atomic E-state index is 15.8. The molecule has 3 aromatic carbocycles. The van der Waals surface area contributed by atoms with Gasteiger partial charge in [-0.2, -0.15) is 0 Å². The molecule has 2 aliphatic heterocycles. The van der Waals surface area contributed by atoms with Gasteiger partial charge in [0.05, 0.1) is 24.3 Å². The minimum Gasteiger partial charge on any atom is -0.451 e. The van der Waals surface area contributed by atoms with Crippen LogP contribution >= 0.6 is 0 Å². The average molecular weight is 581 g/mol. The van der Waals surface area contributed by atoms with Gasteiger partial charge in [0.25, 0.3) is 5.91 Å². The average Bonchev–Trinajstić information content (AvgIpc) is 3.79. The number of nitrogens with one attached hydrogen (secondary N) is 2. The number of anilines is 1. The molecular formula is C34H33FN4O4. The number of nitrogens with zero attached hydrogens (tertiary/aromatic N) is 2. The van der Waals surface area contributed by atoms with Crippen molar-refractivity contribution >= 4 is 22.5 Å². The van der Waals surface area contributed by atoms with Crippen LogP contribution < -0.4 is 20.8 Å². The van der Waals surface area contributed by atoms with Crippen molar-refractivity contribution in [1.82, 2.24) is 14.8 Å². The molecule has 8 rings (SSSR count). The second-order valence-corrected chi connectivity index (χ2v) is 12.0. The molecule has 4 aromatic rings. The topological polar surface area (TPSA) is 84.8 Å². The normalized spacial score (nSPS) is 16.8. The number of pyridine rings is 1. The molecule has 43 heavy (non-hydrogen) atoms. The highest BCUT2D eigenvalue weighted by molar-refractivity contribution is 6.01. The van der Waals surface area contributed by atoms with E-state index in [4.69, 9.17) is 9.47 Å². The van der Waals surface area contributed by atoms with Crippen LogP contribution in [0.5, 0.6) is 11.5 Å². The van der Waals surface area contributed by atoms with Crippen LogP contribution in [-0.2, 0) is 11.2 Å². The highest BCUT2D eigenvalue weighted by Gasteiger charge is 2.31. The largest absolute Gasteiger partial charge is 0.451 e. The van der Waals surface area contributed by atoms with Crippen molar-refractivity contribution in [3.05, 3.63) is 81.4 Å². The summed E-state index contributed by atoms with van der Waals surface area (Å²) in [6, 6.07) is 13.6. The fourth-order valence-electron chi connectivity index (χ4n) is 6.57. The van der Waals surface area contributed by atoms with Gasteiger partial charge in [-0.05, 0) is 78.6 Å². The van der Waals surface area contributed by atoms with Crippen molar-refractivity contribution in [2.75, 3.05) is 51.3 Å². The van der Waals surface area contributed by atoms with Gasteiger partial charge >= 0.3 is 0 Å². The van der Waals surface area contributed by atoms with E-state index >= 15 is 4.39 Å². The molecule has 220 valence electrons. The molecule has 0 radical (unpaired) electrons. The Morgan fingerprint density at radius 3 is 2.72 bits per heavy atom. The Kier molecular flexibility index (Phi) is 6.45. The van der Waals surface area contributed by atoms with Crippen LogP contribution in [0.25, 0.3) is 27.7 Å². The predicted molar refractivity (Wildman–Crippen MR) is 163 cm³/mol. The smallest absolute Gasteiger partial charge is 0.256 e. The van der Waals surface area contributed by atoms with Gasteiger partial charge in [-0.25, -0.2) is 4.39 Å². The first-order valence-corrected chi connectivity index (χ1v) is 15.2. The molecule has 0 spiro atoms. The number of hydrogen-bond donors (Lipinski definition) is 2. The number of ether oxygens (including phenoxy) is 2. The summed E-state index contributed by atoms with van der Waals surface area (Å²) in [7, 11) is 0. The van der Waals surface area contributed by atoms with Crippen molar-refractivity contribution in [3.63, 3.8) is 0 Å². The third kappa shape index (κ3) is 4.67. The maximum atomic E-state index is 15.8. The summed E-state index contributed by atoms with van der Waals surface area (Å²) >= 11 is 0. The van der Waals surface area contributed by atoms with E-state index in [1.165, 1.54) is 11.6 Å². The number of benzene rings is 3. The first-order chi connectivity index (χ1) is 21.0. The second-order valence-electron chi connectivity index (χ2n) is 12.0. The lowest BCUT2D eigenvalue weighted by Gasteiger charge is -2.28. The Hall–Kier alpha value is -4.21. The van der Waals surface area contributed by atoms with Crippen LogP contribution in [0.2, 0.25) is 0 Å². The van der Waals surface area contributed by atoms with Crippen molar-refractivity contribution in [1.29, 1.82) is 0 Å². The van der Waals surface area contributed by atoms with Gasteiger partial charge in [0, 0.05) is 32.4 Å². The number of amides is 1. The molecule has 2 fully saturated rings. The molecule has 0 atom stereocenters. The van der Waals surface area contributed by atoms with Crippen molar-refractivity contribution in [2.45, 2.75) is 25.7 Å². The Bertz CT molecular complexity index is 1840. The second kappa shape index (κ2) is 10.5. The van der Waals surface area contributed by atoms with Crippen LogP contribution in [-0.4, -0.2) is 61.3 Å². The van der Waals surface area contributed by atoms with E-state index in [0.29, 0.717) is 36.0 Å². The minimum absolute atomic E-state index is 0.00142. The third-order valence-electron chi connectivity index (χ3n) is 9.09. The molecule has 2 aliphatic carbocycles. The Morgan fingerprint density at radius 1 is 1.05 bits per heavy atom. The standard InChI is InChI=1S/C34H33FN4O4/c35-27-16-25-31-33(30(27)36-8-3-9-38-10-12-42-13-11-38)43-29-15-22-14-21-4-1-2-5-23(21)24(22)17-28(29)39(31)19-26(32(25)40)34(41)37-18-20-6-7-20/h1-2,4-5,15-17,19-20,36H,3,6-14,18H2,(H,37,41). The zero-order valence-corrected chi connectivity index (χ0v) is 23.9. The summed E-state index contributed by atoms with van der Waals surface area (Å²) in [5, 5.41) is 6.30. The molecular weight excluding hydrogens is 547 g/mol. The fourth-order valence-corrected chi connectivity index (χ4v) is 6.57. The molecule has 8 nitrogen and oxygen atoms in total. The van der Waals surface area contributed by atoms with Gasteiger partial charge in [0.2, 0.25) is 5.43 Å². The first-order valence-electron chi connectivity index (χ1n) is 15.2. The number of carbonyl (C=O) groups is 1. The third-order valence-corrected chi connectivity index (χ3v) is 9.09. The van der Waals surface area contributed by atoms with E-state index in [9.17, 15) is 9.59 Å². The maximum Gasteiger partial charge on any atom is 0.256 e. The first kappa shape index (κ1) is 26.4. The van der Waals surface area contributed by atoms with Crippen molar-refractivity contribution in [3.8, 4) is 28.3 Å². The molecule has 1 saturated heterocycles. The Labute approximate surface area is 248 Å². The quantitative estimate of drug-likeness (QED) is 0.244. The van der Waals surface area contributed by atoms with Crippen LogP contribution in [0.3, 0.4) is 0 Å². The lowest BCUT2D eigenvalue weighted by atomic mass is 10.0. The van der Waals surface area contributed by atoms with E-state index < -0.39 is 17.2 Å². The lowest BCUT2D eigenvalue weighted by Crippen LogP contribution is -2.37. The predicted octanol–water partition coefficient (Wildman–Crippen LogP) is 5.08. The molecule has 1 aromatic heterocycles. The summed E-state index contributed by atoms with van der Waals surface area (Å²) in [5.74, 6) is 0.282. The zero-order valence-electron chi connectivity index (χ0n) is 23.9. The van der Waals surface area contributed by atoms with Gasteiger partial charge in [-0.15, -0.1) is 0 Å². The number of halogens is 1.